The van der Waals surface area contributed by atoms with Gasteiger partial charge in [-0.2, -0.15) is 15.0 Å². The summed E-state index contributed by atoms with van der Waals surface area (Å²) >= 11 is 0. The molecule has 0 radical (unpaired) electrons. The highest BCUT2D eigenvalue weighted by Gasteiger charge is 2.16. The van der Waals surface area contributed by atoms with Gasteiger partial charge in [-0.25, -0.2) is 0 Å². The Balaban J connectivity index is 1.74. The van der Waals surface area contributed by atoms with Crippen LogP contribution in [0.3, 0.4) is 0 Å². The third-order valence-corrected chi connectivity index (χ3v) is 3.61. The third-order valence-electron chi connectivity index (χ3n) is 3.61. The Morgan fingerprint density at radius 3 is 2.81 bits per heavy atom. The highest BCUT2D eigenvalue weighted by molar-refractivity contribution is 5.43. The minimum Gasteiger partial charge on any atom is -0.368 e. The molecule has 0 unspecified atom stereocenters. The number of pyridine rings is 1. The topological polar surface area (TPSA) is 92.8 Å². The second-order valence-electron chi connectivity index (χ2n) is 5.17. The van der Waals surface area contributed by atoms with E-state index in [0.29, 0.717) is 18.4 Å². The van der Waals surface area contributed by atoms with E-state index < -0.39 is 0 Å². The highest BCUT2D eigenvalue weighted by Crippen LogP contribution is 2.18. The average Bonchev–Trinajstić information content (AvgIpc) is 3.00. The van der Waals surface area contributed by atoms with Crippen molar-refractivity contribution in [2.75, 3.05) is 29.0 Å². The maximum Gasteiger partial charge on any atom is 0.231 e. The number of aryl methyl sites for hydroxylation is 1. The van der Waals surface area contributed by atoms with Crippen molar-refractivity contribution in [2.24, 2.45) is 0 Å². The summed E-state index contributed by atoms with van der Waals surface area (Å²) in [4.78, 5) is 19.1. The zero-order valence-electron chi connectivity index (χ0n) is 12.1. The molecule has 0 amide bonds. The molecule has 0 saturated carbocycles. The number of nitrogens with two attached hydrogens (primary N) is 1. The molecular formula is C14H19N7. The Morgan fingerprint density at radius 2 is 2.05 bits per heavy atom. The standard InChI is InChI=1S/C14H19N7/c1-10-4-5-16-8-11(10)9-17-13-18-12(15)19-14(20-13)21-6-2-3-7-21/h4-5,8H,2-3,6-7,9H2,1H3,(H3,15,17,18,19,20). The summed E-state index contributed by atoms with van der Waals surface area (Å²) in [5, 5.41) is 3.20. The van der Waals surface area contributed by atoms with Gasteiger partial charge in [-0.05, 0) is 37.0 Å². The molecule has 1 aliphatic heterocycles. The number of anilines is 3. The van der Waals surface area contributed by atoms with Crippen LogP contribution in [-0.2, 0) is 6.54 Å². The van der Waals surface area contributed by atoms with Gasteiger partial charge in [-0.3, -0.25) is 4.98 Å². The van der Waals surface area contributed by atoms with E-state index in [1.165, 1.54) is 18.4 Å². The number of rotatable bonds is 4. The fraction of sp³-hybridized carbons (Fsp3) is 0.429. The number of hydrogen-bond acceptors (Lipinski definition) is 7. The molecule has 21 heavy (non-hydrogen) atoms. The zero-order valence-corrected chi connectivity index (χ0v) is 12.1. The molecule has 3 heterocycles. The summed E-state index contributed by atoms with van der Waals surface area (Å²) in [7, 11) is 0. The van der Waals surface area contributed by atoms with Crippen LogP contribution in [-0.4, -0.2) is 33.0 Å². The molecule has 3 N–H and O–H groups in total. The summed E-state index contributed by atoms with van der Waals surface area (Å²) in [6.07, 6.45) is 5.96. The predicted molar refractivity (Wildman–Crippen MR) is 82.0 cm³/mol. The fourth-order valence-electron chi connectivity index (χ4n) is 2.37. The van der Waals surface area contributed by atoms with Crippen LogP contribution in [0.15, 0.2) is 18.5 Å². The monoisotopic (exact) mass is 285 g/mol. The Bertz CT molecular complexity index is 622. The van der Waals surface area contributed by atoms with Crippen molar-refractivity contribution >= 4 is 17.8 Å². The first-order chi connectivity index (χ1) is 10.2. The van der Waals surface area contributed by atoms with Crippen molar-refractivity contribution in [3.63, 3.8) is 0 Å². The van der Waals surface area contributed by atoms with Gasteiger partial charge in [0.15, 0.2) is 0 Å². The Labute approximate surface area is 123 Å². The van der Waals surface area contributed by atoms with Crippen LogP contribution in [0.25, 0.3) is 0 Å². The van der Waals surface area contributed by atoms with E-state index in [-0.39, 0.29) is 5.95 Å². The summed E-state index contributed by atoms with van der Waals surface area (Å²) in [5.74, 6) is 1.41. The summed E-state index contributed by atoms with van der Waals surface area (Å²) in [6.45, 7) is 4.62. The number of hydrogen-bond donors (Lipinski definition) is 2. The molecule has 2 aromatic heterocycles. The molecule has 0 aromatic carbocycles. The third kappa shape index (κ3) is 3.18. The molecule has 7 nitrogen and oxygen atoms in total. The molecule has 1 aliphatic rings. The summed E-state index contributed by atoms with van der Waals surface area (Å²) < 4.78 is 0. The average molecular weight is 285 g/mol. The van der Waals surface area contributed by atoms with Gasteiger partial charge in [0.1, 0.15) is 0 Å². The lowest BCUT2D eigenvalue weighted by molar-refractivity contribution is 0.880. The summed E-state index contributed by atoms with van der Waals surface area (Å²) in [6, 6.07) is 1.98. The Kier molecular flexibility index (Phi) is 3.81. The van der Waals surface area contributed by atoms with Crippen LogP contribution in [0.1, 0.15) is 24.0 Å². The molecule has 1 saturated heterocycles. The summed E-state index contributed by atoms with van der Waals surface area (Å²) in [5.41, 5.74) is 8.07. The van der Waals surface area contributed by atoms with E-state index in [9.17, 15) is 0 Å². The van der Waals surface area contributed by atoms with Crippen molar-refractivity contribution in [2.45, 2.75) is 26.3 Å². The number of nitrogen functional groups attached to an aromatic ring is 1. The van der Waals surface area contributed by atoms with Crippen molar-refractivity contribution in [3.05, 3.63) is 29.6 Å². The molecule has 0 aliphatic carbocycles. The molecule has 0 atom stereocenters. The van der Waals surface area contributed by atoms with Crippen LogP contribution >= 0.6 is 0 Å². The van der Waals surface area contributed by atoms with Crippen LogP contribution < -0.4 is 16.0 Å². The van der Waals surface area contributed by atoms with Crippen molar-refractivity contribution in [1.82, 2.24) is 19.9 Å². The van der Waals surface area contributed by atoms with Crippen molar-refractivity contribution in [3.8, 4) is 0 Å². The lowest BCUT2D eigenvalue weighted by atomic mass is 10.2. The molecule has 1 fully saturated rings. The minimum absolute atomic E-state index is 0.248. The molecule has 110 valence electrons. The van der Waals surface area contributed by atoms with E-state index in [4.69, 9.17) is 5.73 Å². The van der Waals surface area contributed by atoms with E-state index in [1.807, 2.05) is 12.3 Å². The number of nitrogens with one attached hydrogen (secondary N) is 1. The molecule has 0 bridgehead atoms. The van der Waals surface area contributed by atoms with Gasteiger partial charge in [-0.1, -0.05) is 0 Å². The van der Waals surface area contributed by atoms with Gasteiger partial charge < -0.3 is 16.0 Å². The van der Waals surface area contributed by atoms with Gasteiger partial charge in [0.2, 0.25) is 17.8 Å². The van der Waals surface area contributed by atoms with Gasteiger partial charge in [0, 0.05) is 32.0 Å². The first-order valence-corrected chi connectivity index (χ1v) is 7.12. The van der Waals surface area contributed by atoms with Crippen LogP contribution in [0.5, 0.6) is 0 Å². The molecule has 3 rings (SSSR count). The normalized spacial score (nSPS) is 14.4. The fourth-order valence-corrected chi connectivity index (χ4v) is 2.37. The van der Waals surface area contributed by atoms with Gasteiger partial charge in [0.05, 0.1) is 0 Å². The molecule has 7 heteroatoms. The highest BCUT2D eigenvalue weighted by atomic mass is 15.3. The molecular weight excluding hydrogens is 266 g/mol. The van der Waals surface area contributed by atoms with Crippen LogP contribution in [0, 0.1) is 6.92 Å². The lowest BCUT2D eigenvalue weighted by Gasteiger charge is -2.16. The number of aromatic nitrogens is 4. The molecule has 0 spiro atoms. The van der Waals surface area contributed by atoms with E-state index in [0.717, 1.165) is 18.7 Å². The van der Waals surface area contributed by atoms with E-state index in [2.05, 4.69) is 37.1 Å². The van der Waals surface area contributed by atoms with Gasteiger partial charge in [0.25, 0.3) is 0 Å². The smallest absolute Gasteiger partial charge is 0.231 e. The Morgan fingerprint density at radius 1 is 1.24 bits per heavy atom. The second-order valence-corrected chi connectivity index (χ2v) is 5.17. The first kappa shape index (κ1) is 13.5. The SMILES string of the molecule is Cc1ccncc1CNc1nc(N)nc(N2CCCC2)n1. The van der Waals surface area contributed by atoms with Crippen molar-refractivity contribution in [1.29, 1.82) is 0 Å². The van der Waals surface area contributed by atoms with E-state index in [1.54, 1.807) is 6.20 Å². The van der Waals surface area contributed by atoms with Crippen molar-refractivity contribution < 1.29 is 0 Å². The lowest BCUT2D eigenvalue weighted by Crippen LogP contribution is -2.22. The molecule has 2 aromatic rings. The van der Waals surface area contributed by atoms with Gasteiger partial charge in [-0.15, -0.1) is 0 Å². The Hall–Kier alpha value is -2.44. The largest absolute Gasteiger partial charge is 0.368 e. The first-order valence-electron chi connectivity index (χ1n) is 7.12. The predicted octanol–water partition coefficient (Wildman–Crippen LogP) is 1.37. The van der Waals surface area contributed by atoms with E-state index >= 15 is 0 Å². The quantitative estimate of drug-likeness (QED) is 0.876. The maximum atomic E-state index is 5.78. The van der Waals surface area contributed by atoms with Crippen LogP contribution in [0.4, 0.5) is 17.8 Å². The zero-order chi connectivity index (χ0) is 14.7. The number of nitrogens with zero attached hydrogens (tertiary/aromatic N) is 5. The van der Waals surface area contributed by atoms with Crippen LogP contribution in [0.2, 0.25) is 0 Å². The minimum atomic E-state index is 0.248. The maximum absolute atomic E-state index is 5.78. The second kappa shape index (κ2) is 5.90. The van der Waals surface area contributed by atoms with Gasteiger partial charge >= 0.3 is 0 Å².